The summed E-state index contributed by atoms with van der Waals surface area (Å²) in [6.07, 6.45) is 0. The Hall–Kier alpha value is -2.15. The Morgan fingerprint density at radius 2 is 1.81 bits per heavy atom. The second-order valence-electron chi connectivity index (χ2n) is 6.16. The lowest BCUT2D eigenvalue weighted by Gasteiger charge is -2.35. The standard InChI is InChI=1S/C19H16Cl2N4OS/c20-13-3-4-14(15(21)12-13)16-5-6-18(23-22-16)24-7-9-25(10-8-24)19(26)17-2-1-11-27-17/h1-6,11-12H,7-10H2. The van der Waals surface area contributed by atoms with E-state index in [0.717, 1.165) is 29.3 Å². The molecule has 0 N–H and O–H groups in total. The first kappa shape index (κ1) is 18.2. The van der Waals surface area contributed by atoms with Crippen LogP contribution in [0.5, 0.6) is 0 Å². The van der Waals surface area contributed by atoms with Gasteiger partial charge in [0.15, 0.2) is 5.82 Å². The molecule has 27 heavy (non-hydrogen) atoms. The van der Waals surface area contributed by atoms with Crippen LogP contribution in [0.3, 0.4) is 0 Å². The fourth-order valence-electron chi connectivity index (χ4n) is 3.03. The van der Waals surface area contributed by atoms with Crippen LogP contribution in [-0.4, -0.2) is 47.2 Å². The summed E-state index contributed by atoms with van der Waals surface area (Å²) < 4.78 is 0. The number of nitrogens with zero attached hydrogens (tertiary/aromatic N) is 4. The lowest BCUT2D eigenvalue weighted by Crippen LogP contribution is -2.48. The molecule has 8 heteroatoms. The molecule has 1 aliphatic rings. The number of carbonyl (C=O) groups is 1. The number of carbonyl (C=O) groups excluding carboxylic acids is 1. The van der Waals surface area contributed by atoms with Crippen LogP contribution in [0.15, 0.2) is 47.8 Å². The number of hydrogen-bond donors (Lipinski definition) is 0. The van der Waals surface area contributed by atoms with E-state index in [-0.39, 0.29) is 5.91 Å². The molecule has 138 valence electrons. The third-order valence-corrected chi connectivity index (χ3v) is 5.89. The summed E-state index contributed by atoms with van der Waals surface area (Å²) in [5, 5.41) is 11.7. The molecular formula is C19H16Cl2N4OS. The van der Waals surface area contributed by atoms with Crippen molar-refractivity contribution in [2.75, 3.05) is 31.1 Å². The van der Waals surface area contributed by atoms with Crippen molar-refractivity contribution in [3.05, 3.63) is 62.8 Å². The maximum absolute atomic E-state index is 12.4. The van der Waals surface area contributed by atoms with Crippen molar-refractivity contribution in [3.8, 4) is 11.3 Å². The molecule has 0 spiro atoms. The molecule has 1 amide bonds. The molecule has 1 fully saturated rings. The molecule has 0 atom stereocenters. The van der Waals surface area contributed by atoms with Gasteiger partial charge in [0.2, 0.25) is 0 Å². The van der Waals surface area contributed by atoms with Crippen LogP contribution in [0.2, 0.25) is 10.0 Å². The number of halogens is 2. The third-order valence-electron chi connectivity index (χ3n) is 4.48. The number of piperazine rings is 1. The van der Waals surface area contributed by atoms with Crippen LogP contribution in [0.4, 0.5) is 5.82 Å². The largest absolute Gasteiger partial charge is 0.352 e. The molecule has 1 saturated heterocycles. The molecule has 0 bridgehead atoms. The number of rotatable bonds is 3. The molecule has 4 rings (SSSR count). The lowest BCUT2D eigenvalue weighted by molar-refractivity contribution is 0.0751. The van der Waals surface area contributed by atoms with Crippen molar-refractivity contribution in [3.63, 3.8) is 0 Å². The van der Waals surface area contributed by atoms with E-state index >= 15 is 0 Å². The highest BCUT2D eigenvalue weighted by Gasteiger charge is 2.23. The van der Waals surface area contributed by atoms with E-state index in [4.69, 9.17) is 23.2 Å². The van der Waals surface area contributed by atoms with Gasteiger partial charge < -0.3 is 9.80 Å². The van der Waals surface area contributed by atoms with Gasteiger partial charge in [-0.1, -0.05) is 29.3 Å². The first-order chi connectivity index (χ1) is 13.1. The Bertz CT molecular complexity index is 939. The minimum absolute atomic E-state index is 0.100. The summed E-state index contributed by atoms with van der Waals surface area (Å²) in [7, 11) is 0. The Balaban J connectivity index is 1.42. The van der Waals surface area contributed by atoms with E-state index in [0.29, 0.717) is 28.8 Å². The number of hydrogen-bond acceptors (Lipinski definition) is 5. The first-order valence-electron chi connectivity index (χ1n) is 8.49. The maximum Gasteiger partial charge on any atom is 0.264 e. The zero-order valence-corrected chi connectivity index (χ0v) is 16.6. The number of amides is 1. The van der Waals surface area contributed by atoms with Crippen LogP contribution < -0.4 is 4.90 Å². The average Bonchev–Trinajstić information content (AvgIpc) is 3.23. The first-order valence-corrected chi connectivity index (χ1v) is 10.1. The van der Waals surface area contributed by atoms with Crippen molar-refractivity contribution in [1.29, 1.82) is 0 Å². The van der Waals surface area contributed by atoms with Gasteiger partial charge in [-0.05, 0) is 41.8 Å². The molecule has 1 aromatic carbocycles. The molecule has 3 aromatic rings. The number of anilines is 1. The summed E-state index contributed by atoms with van der Waals surface area (Å²) in [6, 6.07) is 12.9. The third kappa shape index (κ3) is 3.93. The van der Waals surface area contributed by atoms with E-state index in [1.165, 1.54) is 11.3 Å². The lowest BCUT2D eigenvalue weighted by atomic mass is 10.1. The Kier molecular flexibility index (Phi) is 5.29. The summed E-state index contributed by atoms with van der Waals surface area (Å²) >= 11 is 13.7. The number of thiophene rings is 1. The molecule has 0 unspecified atom stereocenters. The molecule has 5 nitrogen and oxygen atoms in total. The van der Waals surface area contributed by atoms with Gasteiger partial charge in [0, 0.05) is 36.8 Å². The second kappa shape index (κ2) is 7.84. The molecular weight excluding hydrogens is 403 g/mol. The summed E-state index contributed by atoms with van der Waals surface area (Å²) in [5.74, 6) is 0.899. The number of benzene rings is 1. The van der Waals surface area contributed by atoms with Crippen molar-refractivity contribution < 1.29 is 4.79 Å². The normalized spacial score (nSPS) is 14.4. The van der Waals surface area contributed by atoms with Crippen LogP contribution in [0, 0.1) is 0 Å². The molecule has 0 saturated carbocycles. The van der Waals surface area contributed by atoms with Crippen LogP contribution >= 0.6 is 34.5 Å². The van der Waals surface area contributed by atoms with Gasteiger partial charge in [-0.3, -0.25) is 4.79 Å². The fourth-order valence-corrected chi connectivity index (χ4v) is 4.23. The van der Waals surface area contributed by atoms with E-state index < -0.39 is 0 Å². The SMILES string of the molecule is O=C(c1cccs1)N1CCN(c2ccc(-c3ccc(Cl)cc3Cl)nn2)CC1. The van der Waals surface area contributed by atoms with Crippen molar-refractivity contribution in [2.45, 2.75) is 0 Å². The fraction of sp³-hybridized carbons (Fsp3) is 0.211. The van der Waals surface area contributed by atoms with Gasteiger partial charge in [0.05, 0.1) is 15.6 Å². The molecule has 0 aliphatic carbocycles. The smallest absolute Gasteiger partial charge is 0.264 e. The van der Waals surface area contributed by atoms with Gasteiger partial charge in [-0.2, -0.15) is 0 Å². The maximum atomic E-state index is 12.4. The highest BCUT2D eigenvalue weighted by molar-refractivity contribution is 7.12. The highest BCUT2D eigenvalue weighted by Crippen LogP contribution is 2.29. The molecule has 1 aliphatic heterocycles. The Morgan fingerprint density at radius 3 is 2.44 bits per heavy atom. The van der Waals surface area contributed by atoms with Gasteiger partial charge in [0.1, 0.15) is 0 Å². The van der Waals surface area contributed by atoms with Crippen molar-refractivity contribution >= 4 is 46.3 Å². The second-order valence-corrected chi connectivity index (χ2v) is 7.95. The highest BCUT2D eigenvalue weighted by atomic mass is 35.5. The topological polar surface area (TPSA) is 49.3 Å². The van der Waals surface area contributed by atoms with Gasteiger partial charge in [-0.15, -0.1) is 21.5 Å². The predicted molar refractivity (Wildman–Crippen MR) is 110 cm³/mol. The van der Waals surface area contributed by atoms with Gasteiger partial charge >= 0.3 is 0 Å². The predicted octanol–water partition coefficient (Wildman–Crippen LogP) is 4.47. The van der Waals surface area contributed by atoms with Crippen molar-refractivity contribution in [2.24, 2.45) is 0 Å². The Labute approximate surface area is 171 Å². The summed E-state index contributed by atoms with van der Waals surface area (Å²) in [6.45, 7) is 2.80. The zero-order chi connectivity index (χ0) is 18.8. The van der Waals surface area contributed by atoms with E-state index in [1.807, 2.05) is 40.6 Å². The Morgan fingerprint density at radius 1 is 1.00 bits per heavy atom. The van der Waals surface area contributed by atoms with Gasteiger partial charge in [-0.25, -0.2) is 0 Å². The van der Waals surface area contributed by atoms with Crippen LogP contribution in [-0.2, 0) is 0 Å². The van der Waals surface area contributed by atoms with E-state index in [2.05, 4.69) is 15.1 Å². The van der Waals surface area contributed by atoms with Crippen molar-refractivity contribution in [1.82, 2.24) is 15.1 Å². The minimum Gasteiger partial charge on any atom is -0.352 e. The van der Waals surface area contributed by atoms with Crippen LogP contribution in [0.1, 0.15) is 9.67 Å². The number of aromatic nitrogens is 2. The molecule has 2 aromatic heterocycles. The monoisotopic (exact) mass is 418 g/mol. The minimum atomic E-state index is 0.100. The summed E-state index contributed by atoms with van der Waals surface area (Å²) in [5.41, 5.74) is 1.50. The quantitative estimate of drug-likeness (QED) is 0.629. The van der Waals surface area contributed by atoms with Gasteiger partial charge in [0.25, 0.3) is 5.91 Å². The summed E-state index contributed by atoms with van der Waals surface area (Å²) in [4.78, 5) is 17.2. The van der Waals surface area contributed by atoms with E-state index in [9.17, 15) is 4.79 Å². The average molecular weight is 419 g/mol. The zero-order valence-electron chi connectivity index (χ0n) is 14.3. The van der Waals surface area contributed by atoms with E-state index in [1.54, 1.807) is 12.1 Å². The molecule has 3 heterocycles. The van der Waals surface area contributed by atoms with Crippen LogP contribution in [0.25, 0.3) is 11.3 Å². The molecule has 0 radical (unpaired) electrons.